The maximum Gasteiger partial charge on any atom is 0.456 e. The van der Waals surface area contributed by atoms with Gasteiger partial charge in [0.05, 0.1) is 0 Å². The lowest BCUT2D eigenvalue weighted by atomic mass is 9.85. The molecule has 0 saturated heterocycles. The zero-order chi connectivity index (χ0) is 22.3. The van der Waals surface area contributed by atoms with E-state index in [1.54, 1.807) is 0 Å². The predicted octanol–water partition coefficient (Wildman–Crippen LogP) is 2.49. The number of nitrogens with zero attached hydrogens (tertiary/aromatic N) is 1. The molecule has 1 fully saturated rings. The van der Waals surface area contributed by atoms with Gasteiger partial charge in [0.25, 0.3) is 0 Å². The van der Waals surface area contributed by atoms with Gasteiger partial charge < -0.3 is 0 Å². The summed E-state index contributed by atoms with van der Waals surface area (Å²) in [6, 6.07) is 2.57. The Morgan fingerprint density at radius 3 is 1.83 bits per heavy atom. The number of halogens is 6. The lowest BCUT2D eigenvalue weighted by molar-refractivity contribution is -0.857. The summed E-state index contributed by atoms with van der Waals surface area (Å²) >= 11 is 0. The second kappa shape index (κ2) is 7.58. The van der Waals surface area contributed by atoms with Crippen LogP contribution in [0.1, 0.15) is 43.6 Å². The Kier molecular flexibility index (Phi) is 6.18. The Labute approximate surface area is 162 Å². The van der Waals surface area contributed by atoms with Crippen molar-refractivity contribution in [3.05, 3.63) is 30.1 Å². The summed E-state index contributed by atoms with van der Waals surface area (Å²) in [6.45, 7) is 0. The van der Waals surface area contributed by atoms with E-state index in [1.165, 1.54) is 12.1 Å². The second-order valence-corrected chi connectivity index (χ2v) is 9.47. The van der Waals surface area contributed by atoms with Crippen molar-refractivity contribution in [3.63, 3.8) is 0 Å². The summed E-state index contributed by atoms with van der Waals surface area (Å²) in [5.41, 5.74) is 0.706. The Morgan fingerprint density at radius 2 is 1.38 bits per heavy atom. The minimum atomic E-state index is -7.08. The first-order valence-corrected chi connectivity index (χ1v) is 11.0. The average Bonchev–Trinajstić information content (AvgIpc) is 2.61. The Bertz CT molecular complexity index is 943. The first-order valence-electron chi connectivity index (χ1n) is 8.11. The molecule has 166 valence electrons. The molecule has 0 aromatic carbocycles. The van der Waals surface area contributed by atoms with Crippen LogP contribution >= 0.6 is 0 Å². The van der Waals surface area contributed by atoms with Crippen molar-refractivity contribution in [1.82, 2.24) is 0 Å². The minimum absolute atomic E-state index is 0.0667. The molecule has 0 unspecified atom stereocenters. The van der Waals surface area contributed by atoms with Crippen LogP contribution in [0, 0.1) is 0 Å². The normalized spacial score (nSPS) is 17.9. The Hall–Kier alpha value is -1.61. The number of hydrogen-bond acceptors (Lipinski definition) is 5. The summed E-state index contributed by atoms with van der Waals surface area (Å²) in [4.78, 5) is 0. The van der Waals surface area contributed by atoms with Crippen LogP contribution in [-0.4, -0.2) is 37.8 Å². The first kappa shape index (κ1) is 23.7. The van der Waals surface area contributed by atoms with Crippen molar-refractivity contribution >= 4 is 20.2 Å². The molecule has 0 atom stereocenters. The van der Waals surface area contributed by atoms with Crippen molar-refractivity contribution < 1.29 is 56.7 Å². The fourth-order valence-corrected chi connectivity index (χ4v) is 4.21. The number of aromatic nitrogens is 1. The first-order chi connectivity index (χ1) is 13.0. The van der Waals surface area contributed by atoms with E-state index < -0.39 is 36.7 Å². The number of alkyl halides is 6. The molecule has 15 heteroatoms. The highest BCUT2D eigenvalue weighted by atomic mass is 32.2. The summed E-state index contributed by atoms with van der Waals surface area (Å²) in [5, 5.41) is -13.5. The van der Waals surface area contributed by atoms with Gasteiger partial charge in [-0.05, 0) is 24.3 Å². The van der Waals surface area contributed by atoms with E-state index >= 15 is 0 Å². The van der Waals surface area contributed by atoms with Crippen LogP contribution in [0.2, 0.25) is 0 Å². The van der Waals surface area contributed by atoms with Crippen molar-refractivity contribution in [3.8, 4) is 0 Å². The van der Waals surface area contributed by atoms with Gasteiger partial charge in [0.15, 0.2) is 0 Å². The van der Waals surface area contributed by atoms with Gasteiger partial charge in [-0.2, -0.15) is 43.2 Å². The van der Waals surface area contributed by atoms with Gasteiger partial charge in [-0.15, -0.1) is 4.28 Å². The van der Waals surface area contributed by atoms with Crippen LogP contribution in [0.5, 0.6) is 0 Å². The second-order valence-electron chi connectivity index (χ2n) is 6.44. The van der Waals surface area contributed by atoms with Crippen molar-refractivity contribution in [2.75, 3.05) is 0 Å². The van der Waals surface area contributed by atoms with Crippen LogP contribution in [0.4, 0.5) is 26.3 Å². The Morgan fingerprint density at radius 1 is 0.897 bits per heavy atom. The van der Waals surface area contributed by atoms with Crippen molar-refractivity contribution in [2.45, 2.75) is 54.5 Å². The molecule has 7 nitrogen and oxygen atoms in total. The van der Waals surface area contributed by atoms with Crippen molar-refractivity contribution in [1.29, 1.82) is 0 Å². The molecule has 1 aromatic rings. The van der Waals surface area contributed by atoms with E-state index in [0.717, 1.165) is 44.5 Å². The smallest absolute Gasteiger partial charge is 0.281 e. The van der Waals surface area contributed by atoms with E-state index in [0.29, 0.717) is 5.56 Å². The van der Waals surface area contributed by atoms with Crippen LogP contribution < -0.4 is 9.01 Å². The summed E-state index contributed by atoms with van der Waals surface area (Å²) in [5.74, 6) is -6.93. The van der Waals surface area contributed by atoms with Gasteiger partial charge in [-0.25, -0.2) is 0 Å². The molecule has 1 N–H and O–H groups in total. The van der Waals surface area contributed by atoms with E-state index in [4.69, 9.17) is 4.55 Å². The van der Waals surface area contributed by atoms with Gasteiger partial charge in [0.2, 0.25) is 12.4 Å². The molecule has 1 aliphatic carbocycles. The van der Waals surface area contributed by atoms with Gasteiger partial charge in [-0.3, -0.25) is 4.55 Å². The molecule has 1 saturated carbocycles. The molecule has 0 radical (unpaired) electrons. The highest BCUT2D eigenvalue weighted by Gasteiger charge is 2.84. The Balaban J connectivity index is 2.29. The largest absolute Gasteiger partial charge is 0.456 e. The predicted molar refractivity (Wildman–Crippen MR) is 84.4 cm³/mol. The van der Waals surface area contributed by atoms with Crippen molar-refractivity contribution in [2.24, 2.45) is 0 Å². The maximum absolute atomic E-state index is 13.7. The molecule has 0 aliphatic heterocycles. The lowest BCUT2D eigenvalue weighted by Crippen LogP contribution is -2.64. The monoisotopic (exact) mass is 472 g/mol. The number of hydrogen-bond donors (Lipinski definition) is 1. The molecule has 2 rings (SSSR count). The van der Waals surface area contributed by atoms with E-state index in [9.17, 15) is 43.2 Å². The SMILES string of the molecule is O=S(=O)(O)C(F)(F)C(F)(F)C(F)(F)S(=O)(=O)O[n+]1ccc(C2CCCCC2)cc1. The quantitative estimate of drug-likeness (QED) is 0.372. The van der Waals surface area contributed by atoms with E-state index in [2.05, 4.69) is 4.28 Å². The molecule has 1 aromatic heterocycles. The van der Waals surface area contributed by atoms with Gasteiger partial charge in [0, 0.05) is 16.9 Å². The van der Waals surface area contributed by atoms with Crippen LogP contribution in [0.3, 0.4) is 0 Å². The molecular weight excluding hydrogens is 456 g/mol. The standard InChI is InChI=1S/C14H15F6NO6S2/c15-12(16,13(17,18)28(22,23)24)14(19,20)29(25,26)27-21-8-6-11(7-9-21)10-4-2-1-3-5-10/h6-10H,1-5H2/p+1. The highest BCUT2D eigenvalue weighted by Crippen LogP contribution is 2.50. The van der Waals surface area contributed by atoms with Gasteiger partial charge >= 0.3 is 36.7 Å². The fraction of sp³-hybridized carbons (Fsp3) is 0.643. The summed E-state index contributed by atoms with van der Waals surface area (Å²) < 4.78 is 136. The molecular formula is C14H16F6NO6S2+. The molecule has 0 bridgehead atoms. The third-order valence-electron chi connectivity index (χ3n) is 4.46. The van der Waals surface area contributed by atoms with Crippen LogP contribution in [-0.2, 0) is 20.2 Å². The maximum atomic E-state index is 13.7. The third kappa shape index (κ3) is 4.17. The zero-order valence-electron chi connectivity index (χ0n) is 14.4. The molecule has 29 heavy (non-hydrogen) atoms. The zero-order valence-corrected chi connectivity index (χ0v) is 16.1. The molecule has 0 amide bonds. The van der Waals surface area contributed by atoms with Crippen LogP contribution in [0.25, 0.3) is 0 Å². The molecule has 1 aliphatic rings. The summed E-state index contributed by atoms with van der Waals surface area (Å²) in [7, 11) is -13.9. The molecule has 1 heterocycles. The fourth-order valence-electron chi connectivity index (χ4n) is 2.83. The van der Waals surface area contributed by atoms with E-state index in [1.807, 2.05) is 0 Å². The topological polar surface area (TPSA) is 102 Å². The number of pyridine rings is 1. The average molecular weight is 472 g/mol. The highest BCUT2D eigenvalue weighted by molar-refractivity contribution is 7.88. The molecule has 0 spiro atoms. The third-order valence-corrected chi connectivity index (χ3v) is 6.61. The van der Waals surface area contributed by atoms with Gasteiger partial charge in [-0.1, -0.05) is 19.3 Å². The van der Waals surface area contributed by atoms with E-state index in [-0.39, 0.29) is 10.6 Å². The lowest BCUT2D eigenvalue weighted by Gasteiger charge is -2.28. The number of rotatable bonds is 7. The van der Waals surface area contributed by atoms with Crippen LogP contribution in [0.15, 0.2) is 24.5 Å². The minimum Gasteiger partial charge on any atom is -0.281 e. The summed E-state index contributed by atoms with van der Waals surface area (Å²) in [6.07, 6.45) is 6.22. The van der Waals surface area contributed by atoms with Gasteiger partial charge in [0.1, 0.15) is 0 Å².